The van der Waals surface area contributed by atoms with E-state index in [9.17, 15) is 0 Å². The Bertz CT molecular complexity index is 152. The summed E-state index contributed by atoms with van der Waals surface area (Å²) < 4.78 is 0. The van der Waals surface area contributed by atoms with E-state index in [0.29, 0.717) is 6.04 Å². The lowest BCUT2D eigenvalue weighted by molar-refractivity contribution is 0.310. The van der Waals surface area contributed by atoms with Crippen molar-refractivity contribution in [3.05, 3.63) is 12.2 Å². The van der Waals surface area contributed by atoms with E-state index in [1.807, 2.05) is 0 Å². The molecule has 1 N–H and O–H groups in total. The first-order valence-electron chi connectivity index (χ1n) is 5.72. The van der Waals surface area contributed by atoms with Crippen LogP contribution in [0.2, 0.25) is 0 Å². The predicted octanol–water partition coefficient (Wildman–Crippen LogP) is 2.27. The minimum absolute atomic E-state index is 0.549. The van der Waals surface area contributed by atoms with E-state index in [1.165, 1.54) is 18.5 Å². The van der Waals surface area contributed by atoms with Gasteiger partial charge in [0.1, 0.15) is 0 Å². The van der Waals surface area contributed by atoms with E-state index >= 15 is 0 Å². The summed E-state index contributed by atoms with van der Waals surface area (Å²) in [4.78, 5) is 2.43. The highest BCUT2D eigenvalue weighted by Crippen LogP contribution is 1.97. The van der Waals surface area contributed by atoms with Crippen molar-refractivity contribution in [3.63, 3.8) is 0 Å². The largest absolute Gasteiger partial charge is 0.311 e. The first-order valence-corrected chi connectivity index (χ1v) is 5.72. The van der Waals surface area contributed by atoms with Crippen molar-refractivity contribution in [3.8, 4) is 0 Å². The molecule has 0 amide bonds. The predicted molar refractivity (Wildman–Crippen MR) is 64.7 cm³/mol. The maximum atomic E-state index is 4.09. The molecule has 0 fully saturated rings. The molecule has 2 nitrogen and oxygen atoms in total. The van der Waals surface area contributed by atoms with Crippen LogP contribution in [0.3, 0.4) is 0 Å². The van der Waals surface area contributed by atoms with Crippen molar-refractivity contribution in [1.82, 2.24) is 10.2 Å². The fraction of sp³-hybridized carbons (Fsp3) is 0.833. The monoisotopic (exact) mass is 198 g/mol. The number of hydrogen-bond acceptors (Lipinski definition) is 2. The molecule has 0 unspecified atom stereocenters. The van der Waals surface area contributed by atoms with Gasteiger partial charge in [-0.1, -0.05) is 34.3 Å². The van der Waals surface area contributed by atoms with Gasteiger partial charge in [-0.15, -0.1) is 0 Å². The summed E-state index contributed by atoms with van der Waals surface area (Å²) in [6, 6.07) is 0.549. The third-order valence-corrected chi connectivity index (χ3v) is 2.19. The van der Waals surface area contributed by atoms with Gasteiger partial charge < -0.3 is 5.32 Å². The van der Waals surface area contributed by atoms with Gasteiger partial charge in [-0.3, -0.25) is 4.90 Å². The Morgan fingerprint density at radius 3 is 2.43 bits per heavy atom. The molecule has 0 heterocycles. The topological polar surface area (TPSA) is 15.3 Å². The van der Waals surface area contributed by atoms with Crippen LogP contribution < -0.4 is 5.32 Å². The zero-order valence-corrected chi connectivity index (χ0v) is 10.3. The number of rotatable bonds is 8. The van der Waals surface area contributed by atoms with Gasteiger partial charge in [0.05, 0.1) is 0 Å². The maximum absolute atomic E-state index is 4.09. The highest BCUT2D eigenvalue weighted by atomic mass is 15.1. The smallest absolute Gasteiger partial charge is 0.0202 e. The van der Waals surface area contributed by atoms with Crippen LogP contribution in [0.1, 0.15) is 34.1 Å². The summed E-state index contributed by atoms with van der Waals surface area (Å²) in [5, 5.41) is 3.39. The van der Waals surface area contributed by atoms with E-state index in [0.717, 1.165) is 19.6 Å². The van der Waals surface area contributed by atoms with Crippen molar-refractivity contribution < 1.29 is 0 Å². The summed E-state index contributed by atoms with van der Waals surface area (Å²) >= 11 is 0. The molecule has 0 aromatic carbocycles. The molecule has 2 heteroatoms. The van der Waals surface area contributed by atoms with Crippen LogP contribution in [0, 0.1) is 0 Å². The lowest BCUT2D eigenvalue weighted by Crippen LogP contribution is -2.31. The van der Waals surface area contributed by atoms with Gasteiger partial charge in [-0.2, -0.15) is 0 Å². The molecule has 0 aliphatic carbocycles. The van der Waals surface area contributed by atoms with Gasteiger partial charge >= 0.3 is 0 Å². The molecule has 0 aliphatic heterocycles. The number of likely N-dealkylation sites (N-methyl/N-ethyl adjacent to an activating group) is 1. The Morgan fingerprint density at radius 2 is 2.00 bits per heavy atom. The average Bonchev–Trinajstić information content (AvgIpc) is 2.14. The number of nitrogens with zero attached hydrogens (tertiary/aromatic N) is 1. The van der Waals surface area contributed by atoms with Crippen LogP contribution in [-0.4, -0.2) is 37.1 Å². The SMILES string of the molecule is C=C(CNC(C)C)CN(CC)CCC. The standard InChI is InChI=1S/C12H26N2/c1-6-8-14(7-2)10-12(5)9-13-11(3)4/h11,13H,5-10H2,1-4H3. The van der Waals surface area contributed by atoms with Crippen LogP contribution in [0.5, 0.6) is 0 Å². The molecule has 0 bridgehead atoms. The quantitative estimate of drug-likeness (QED) is 0.602. The summed E-state index contributed by atoms with van der Waals surface area (Å²) in [6.45, 7) is 17.1. The summed E-state index contributed by atoms with van der Waals surface area (Å²) in [6.07, 6.45) is 1.22. The minimum Gasteiger partial charge on any atom is -0.311 e. The van der Waals surface area contributed by atoms with Crippen molar-refractivity contribution in [1.29, 1.82) is 0 Å². The third-order valence-electron chi connectivity index (χ3n) is 2.19. The molecule has 0 saturated heterocycles. The fourth-order valence-electron chi connectivity index (χ4n) is 1.39. The van der Waals surface area contributed by atoms with Crippen LogP contribution in [0.25, 0.3) is 0 Å². The van der Waals surface area contributed by atoms with Crippen molar-refractivity contribution in [2.24, 2.45) is 0 Å². The molecule has 0 aromatic heterocycles. The second-order valence-corrected chi connectivity index (χ2v) is 4.15. The van der Waals surface area contributed by atoms with Crippen molar-refractivity contribution in [2.75, 3.05) is 26.2 Å². The highest BCUT2D eigenvalue weighted by Gasteiger charge is 2.03. The maximum Gasteiger partial charge on any atom is 0.0202 e. The van der Waals surface area contributed by atoms with Crippen molar-refractivity contribution in [2.45, 2.75) is 40.2 Å². The molecular weight excluding hydrogens is 172 g/mol. The number of hydrogen-bond donors (Lipinski definition) is 1. The summed E-state index contributed by atoms with van der Waals surface area (Å²) in [7, 11) is 0. The average molecular weight is 198 g/mol. The van der Waals surface area contributed by atoms with Crippen LogP contribution in [0.4, 0.5) is 0 Å². The highest BCUT2D eigenvalue weighted by molar-refractivity contribution is 4.99. The Hall–Kier alpha value is -0.340. The molecule has 0 radical (unpaired) electrons. The van der Waals surface area contributed by atoms with Crippen LogP contribution in [0.15, 0.2) is 12.2 Å². The third kappa shape index (κ3) is 7.10. The Morgan fingerprint density at radius 1 is 1.36 bits per heavy atom. The Kier molecular flexibility index (Phi) is 7.81. The Labute approximate surface area is 89.4 Å². The van der Waals surface area contributed by atoms with E-state index in [4.69, 9.17) is 0 Å². The van der Waals surface area contributed by atoms with Gasteiger partial charge in [0.2, 0.25) is 0 Å². The number of nitrogens with one attached hydrogen (secondary N) is 1. The van der Waals surface area contributed by atoms with E-state index in [2.05, 4.69) is 44.5 Å². The molecule has 0 saturated carbocycles. The molecule has 0 aliphatic rings. The van der Waals surface area contributed by atoms with E-state index < -0.39 is 0 Å². The van der Waals surface area contributed by atoms with Crippen LogP contribution >= 0.6 is 0 Å². The second-order valence-electron chi connectivity index (χ2n) is 4.15. The molecule has 0 aromatic rings. The molecule has 0 atom stereocenters. The minimum atomic E-state index is 0.549. The summed E-state index contributed by atoms with van der Waals surface area (Å²) in [5.74, 6) is 0. The van der Waals surface area contributed by atoms with Gasteiger partial charge in [-0.25, -0.2) is 0 Å². The molecule has 84 valence electrons. The van der Waals surface area contributed by atoms with Gasteiger partial charge in [0, 0.05) is 19.1 Å². The lowest BCUT2D eigenvalue weighted by atomic mass is 10.2. The van der Waals surface area contributed by atoms with E-state index in [1.54, 1.807) is 0 Å². The second kappa shape index (κ2) is 8.01. The molecule has 0 rings (SSSR count). The lowest BCUT2D eigenvalue weighted by Gasteiger charge is -2.21. The van der Waals surface area contributed by atoms with Gasteiger partial charge in [0.15, 0.2) is 0 Å². The van der Waals surface area contributed by atoms with Gasteiger partial charge in [0.25, 0.3) is 0 Å². The molecular formula is C12H26N2. The first kappa shape index (κ1) is 13.7. The molecule has 0 spiro atoms. The first-order chi connectivity index (χ1) is 6.60. The zero-order valence-electron chi connectivity index (χ0n) is 10.3. The Balaban J connectivity index is 3.67. The fourth-order valence-corrected chi connectivity index (χ4v) is 1.39. The van der Waals surface area contributed by atoms with Gasteiger partial charge in [-0.05, 0) is 25.1 Å². The van der Waals surface area contributed by atoms with E-state index in [-0.39, 0.29) is 0 Å². The zero-order chi connectivity index (χ0) is 11.0. The van der Waals surface area contributed by atoms with Crippen LogP contribution in [-0.2, 0) is 0 Å². The normalized spacial score (nSPS) is 11.3. The van der Waals surface area contributed by atoms with Crippen molar-refractivity contribution >= 4 is 0 Å². The summed E-state index contributed by atoms with van der Waals surface area (Å²) in [5.41, 5.74) is 1.29. The molecule has 14 heavy (non-hydrogen) atoms.